The summed E-state index contributed by atoms with van der Waals surface area (Å²) in [5, 5.41) is 3.55. The van der Waals surface area contributed by atoms with Crippen LogP contribution < -0.4 is 5.32 Å². The normalized spacial score (nSPS) is 11.4. The van der Waals surface area contributed by atoms with Gasteiger partial charge in [-0.05, 0) is 55.5 Å². The minimum atomic E-state index is -4.12. The van der Waals surface area contributed by atoms with Crippen molar-refractivity contribution < 1.29 is 18.0 Å². The molecule has 0 fully saturated rings. The lowest BCUT2D eigenvalue weighted by atomic mass is 10.1. The zero-order valence-corrected chi connectivity index (χ0v) is 20.5. The second-order valence-electron chi connectivity index (χ2n) is 7.11. The van der Waals surface area contributed by atoms with Crippen molar-refractivity contribution >= 4 is 62.2 Å². The number of ketones is 1. The molecular formula is C23H19Cl3N2O4S. The number of benzene rings is 3. The summed E-state index contributed by atoms with van der Waals surface area (Å²) in [6.45, 7) is 0.663. The highest BCUT2D eigenvalue weighted by Crippen LogP contribution is 2.28. The van der Waals surface area contributed by atoms with Gasteiger partial charge in [-0.25, -0.2) is 8.42 Å². The smallest absolute Gasteiger partial charge is 0.243 e. The van der Waals surface area contributed by atoms with Gasteiger partial charge in [0, 0.05) is 38.4 Å². The number of hydrogen-bond donors (Lipinski definition) is 1. The summed E-state index contributed by atoms with van der Waals surface area (Å²) in [7, 11) is -4.12. The zero-order valence-electron chi connectivity index (χ0n) is 17.4. The number of carbonyl (C=O) groups excluding carboxylic acids is 2. The number of amides is 1. The Labute approximate surface area is 207 Å². The Morgan fingerprint density at radius 1 is 0.909 bits per heavy atom. The van der Waals surface area contributed by atoms with Gasteiger partial charge in [0.25, 0.3) is 0 Å². The van der Waals surface area contributed by atoms with Crippen molar-refractivity contribution in [1.82, 2.24) is 4.31 Å². The molecule has 3 aromatic carbocycles. The van der Waals surface area contributed by atoms with E-state index >= 15 is 0 Å². The Kier molecular flexibility index (Phi) is 8.15. The van der Waals surface area contributed by atoms with Crippen LogP contribution in [0.1, 0.15) is 22.8 Å². The first-order valence-corrected chi connectivity index (χ1v) is 12.2. The van der Waals surface area contributed by atoms with Crippen molar-refractivity contribution in [2.24, 2.45) is 0 Å². The number of hydrogen-bond acceptors (Lipinski definition) is 4. The van der Waals surface area contributed by atoms with Gasteiger partial charge in [-0.2, -0.15) is 4.31 Å². The van der Waals surface area contributed by atoms with Crippen LogP contribution in [0.5, 0.6) is 0 Å². The quantitative estimate of drug-likeness (QED) is 0.384. The molecule has 0 aromatic heterocycles. The molecule has 1 N–H and O–H groups in total. The second kappa shape index (κ2) is 10.7. The van der Waals surface area contributed by atoms with Gasteiger partial charge in [-0.3, -0.25) is 9.59 Å². The molecule has 0 unspecified atom stereocenters. The average molecular weight is 526 g/mol. The first-order valence-electron chi connectivity index (χ1n) is 9.67. The molecule has 3 aromatic rings. The van der Waals surface area contributed by atoms with E-state index in [4.69, 9.17) is 34.8 Å². The molecule has 0 saturated carbocycles. The van der Waals surface area contributed by atoms with Crippen LogP contribution in [0, 0.1) is 0 Å². The fourth-order valence-electron chi connectivity index (χ4n) is 3.02. The molecule has 0 radical (unpaired) electrons. The minimum Gasteiger partial charge on any atom is -0.325 e. The van der Waals surface area contributed by atoms with Crippen molar-refractivity contribution in [2.45, 2.75) is 18.4 Å². The molecule has 6 nitrogen and oxygen atoms in total. The van der Waals surface area contributed by atoms with Crippen LogP contribution in [-0.2, 0) is 21.4 Å². The largest absolute Gasteiger partial charge is 0.325 e. The molecule has 33 heavy (non-hydrogen) atoms. The van der Waals surface area contributed by atoms with E-state index in [0.29, 0.717) is 21.8 Å². The lowest BCUT2D eigenvalue weighted by Crippen LogP contribution is -2.37. The lowest BCUT2D eigenvalue weighted by Gasteiger charge is -2.23. The highest BCUT2D eigenvalue weighted by atomic mass is 35.5. The van der Waals surface area contributed by atoms with Crippen molar-refractivity contribution in [3.63, 3.8) is 0 Å². The van der Waals surface area contributed by atoms with E-state index in [-0.39, 0.29) is 27.3 Å². The highest BCUT2D eigenvalue weighted by molar-refractivity contribution is 7.89. The molecular weight excluding hydrogens is 507 g/mol. The Bertz CT molecular complexity index is 1280. The fraction of sp³-hybridized carbons (Fsp3) is 0.130. The Hall–Kier alpha value is -2.42. The maximum Gasteiger partial charge on any atom is 0.243 e. The number of halogens is 3. The summed E-state index contributed by atoms with van der Waals surface area (Å²) in [6, 6.07) is 16.8. The molecule has 0 saturated heterocycles. The fourth-order valence-corrected chi connectivity index (χ4v) is 5.03. The third kappa shape index (κ3) is 6.34. The molecule has 0 aliphatic heterocycles. The van der Waals surface area contributed by atoms with Crippen LogP contribution in [0.25, 0.3) is 0 Å². The van der Waals surface area contributed by atoms with Gasteiger partial charge in [0.1, 0.15) is 0 Å². The standard InChI is InChI=1S/C23H19Cl3N2O4S/c1-15(29)16-4-2-5-18(12-16)27-23(30)14-28(13-20-21(25)6-3-7-22(20)26)33(31,32)19-10-8-17(24)9-11-19/h2-12H,13-14H2,1H3,(H,27,30). The third-order valence-electron chi connectivity index (χ3n) is 4.72. The molecule has 0 heterocycles. The summed E-state index contributed by atoms with van der Waals surface area (Å²) < 4.78 is 27.7. The number of sulfonamides is 1. The van der Waals surface area contributed by atoms with Crippen molar-refractivity contribution in [2.75, 3.05) is 11.9 Å². The number of nitrogens with one attached hydrogen (secondary N) is 1. The topological polar surface area (TPSA) is 83.6 Å². The lowest BCUT2D eigenvalue weighted by molar-refractivity contribution is -0.116. The summed E-state index contributed by atoms with van der Waals surface area (Å²) in [5.74, 6) is -0.761. The molecule has 3 rings (SSSR count). The molecule has 10 heteroatoms. The van der Waals surface area contributed by atoms with Crippen molar-refractivity contribution in [3.8, 4) is 0 Å². The Balaban J connectivity index is 1.93. The van der Waals surface area contributed by atoms with E-state index in [1.54, 1.807) is 36.4 Å². The molecule has 0 aliphatic carbocycles. The minimum absolute atomic E-state index is 0.0403. The number of nitrogens with zero attached hydrogens (tertiary/aromatic N) is 1. The first-order chi connectivity index (χ1) is 15.6. The van der Waals surface area contributed by atoms with E-state index in [1.807, 2.05) is 0 Å². The van der Waals surface area contributed by atoms with E-state index in [9.17, 15) is 18.0 Å². The van der Waals surface area contributed by atoms with E-state index < -0.39 is 22.5 Å². The monoisotopic (exact) mass is 524 g/mol. The maximum absolute atomic E-state index is 13.4. The molecule has 0 bridgehead atoms. The molecule has 172 valence electrons. The van der Waals surface area contributed by atoms with E-state index in [1.165, 1.54) is 37.3 Å². The van der Waals surface area contributed by atoms with E-state index in [2.05, 4.69) is 5.32 Å². The van der Waals surface area contributed by atoms with Gasteiger partial charge < -0.3 is 5.32 Å². The first kappa shape index (κ1) is 25.2. The van der Waals surface area contributed by atoms with Gasteiger partial charge in [0.15, 0.2) is 5.78 Å². The zero-order chi connectivity index (χ0) is 24.2. The summed E-state index contributed by atoms with van der Waals surface area (Å²) in [6.07, 6.45) is 0. The van der Waals surface area contributed by atoms with Crippen LogP contribution >= 0.6 is 34.8 Å². The van der Waals surface area contributed by atoms with Crippen LogP contribution in [0.2, 0.25) is 15.1 Å². The number of Topliss-reactive ketones (excluding diaryl/α,β-unsaturated/α-hetero) is 1. The van der Waals surface area contributed by atoms with Gasteiger partial charge in [-0.1, -0.05) is 53.0 Å². The van der Waals surface area contributed by atoms with Crippen LogP contribution in [0.3, 0.4) is 0 Å². The molecule has 0 atom stereocenters. The van der Waals surface area contributed by atoms with Crippen LogP contribution in [-0.4, -0.2) is 31.0 Å². The molecule has 0 aliphatic rings. The third-order valence-corrected chi connectivity index (χ3v) is 7.49. The average Bonchev–Trinajstić information content (AvgIpc) is 2.76. The number of carbonyl (C=O) groups is 2. The Morgan fingerprint density at radius 2 is 1.52 bits per heavy atom. The maximum atomic E-state index is 13.4. The van der Waals surface area contributed by atoms with E-state index in [0.717, 1.165) is 4.31 Å². The predicted octanol–water partition coefficient (Wildman–Crippen LogP) is 5.68. The Morgan fingerprint density at radius 3 is 2.12 bits per heavy atom. The summed E-state index contributed by atoms with van der Waals surface area (Å²) >= 11 is 18.4. The van der Waals surface area contributed by atoms with Crippen LogP contribution in [0.15, 0.2) is 71.6 Å². The highest BCUT2D eigenvalue weighted by Gasteiger charge is 2.28. The number of anilines is 1. The molecule has 1 amide bonds. The summed E-state index contributed by atoms with van der Waals surface area (Å²) in [5.41, 5.74) is 1.15. The van der Waals surface area contributed by atoms with Crippen molar-refractivity contribution in [3.05, 3.63) is 92.9 Å². The second-order valence-corrected chi connectivity index (χ2v) is 10.3. The van der Waals surface area contributed by atoms with Crippen LogP contribution in [0.4, 0.5) is 5.69 Å². The van der Waals surface area contributed by atoms with Gasteiger partial charge in [-0.15, -0.1) is 0 Å². The SMILES string of the molecule is CC(=O)c1cccc(NC(=O)CN(Cc2c(Cl)cccc2Cl)S(=O)(=O)c2ccc(Cl)cc2)c1. The summed E-state index contributed by atoms with van der Waals surface area (Å²) in [4.78, 5) is 24.4. The molecule has 0 spiro atoms. The van der Waals surface area contributed by atoms with Gasteiger partial charge >= 0.3 is 0 Å². The van der Waals surface area contributed by atoms with Crippen molar-refractivity contribution in [1.29, 1.82) is 0 Å². The van der Waals surface area contributed by atoms with Gasteiger partial charge in [0.05, 0.1) is 11.4 Å². The van der Waals surface area contributed by atoms with Gasteiger partial charge in [0.2, 0.25) is 15.9 Å². The predicted molar refractivity (Wildman–Crippen MR) is 131 cm³/mol. The number of rotatable bonds is 8.